The number of amides is 2. The van der Waals surface area contributed by atoms with Gasteiger partial charge < -0.3 is 5.32 Å². The normalized spacial score (nSPS) is 9.81. The topological polar surface area (TPSA) is 67.4 Å². The van der Waals surface area contributed by atoms with Crippen LogP contribution >= 0.6 is 11.3 Å². The molecule has 2 N–H and O–H groups in total. The van der Waals surface area contributed by atoms with Crippen LogP contribution in [0.15, 0.2) is 16.8 Å². The molecule has 6 heteroatoms. The van der Waals surface area contributed by atoms with Gasteiger partial charge in [-0.3, -0.25) is 14.4 Å². The summed E-state index contributed by atoms with van der Waals surface area (Å²) in [5.74, 6) is -0.291. The molecular weight excluding hydrogens is 228 g/mol. The Morgan fingerprint density at radius 3 is 2.94 bits per heavy atom. The predicted octanol–water partition coefficient (Wildman–Crippen LogP) is 0.936. The van der Waals surface area contributed by atoms with E-state index >= 15 is 0 Å². The van der Waals surface area contributed by atoms with Gasteiger partial charge in [-0.2, -0.15) is 11.3 Å². The van der Waals surface area contributed by atoms with E-state index in [4.69, 9.17) is 0 Å². The van der Waals surface area contributed by atoms with Crippen LogP contribution in [0, 0.1) is 0 Å². The fourth-order valence-electron chi connectivity index (χ4n) is 1.11. The Bertz CT molecular complexity index is 338. The molecule has 0 aliphatic heterocycles. The van der Waals surface area contributed by atoms with E-state index in [-0.39, 0.29) is 11.8 Å². The van der Waals surface area contributed by atoms with Crippen LogP contribution in [0.25, 0.3) is 0 Å². The van der Waals surface area contributed by atoms with Gasteiger partial charge in [0.25, 0.3) is 5.91 Å². The molecule has 0 spiro atoms. The summed E-state index contributed by atoms with van der Waals surface area (Å²) >= 11 is 1.48. The van der Waals surface area contributed by atoms with Gasteiger partial charge in [0.05, 0.1) is 7.11 Å². The minimum absolute atomic E-state index is 0.103. The van der Waals surface area contributed by atoms with Crippen LogP contribution in [0.5, 0.6) is 0 Å². The van der Waals surface area contributed by atoms with E-state index in [0.717, 1.165) is 0 Å². The van der Waals surface area contributed by atoms with E-state index in [9.17, 15) is 9.59 Å². The Hall–Kier alpha value is -1.40. The quantitative estimate of drug-likeness (QED) is 0.576. The molecule has 0 fully saturated rings. The molecule has 1 aromatic heterocycles. The van der Waals surface area contributed by atoms with E-state index in [2.05, 4.69) is 15.6 Å². The summed E-state index contributed by atoms with van der Waals surface area (Å²) in [6.45, 7) is 0.478. The second-order valence-electron chi connectivity index (χ2n) is 3.10. The lowest BCUT2D eigenvalue weighted by Crippen LogP contribution is -2.26. The molecule has 0 aromatic carbocycles. The molecule has 88 valence electrons. The minimum Gasteiger partial charge on any atom is -0.352 e. The van der Waals surface area contributed by atoms with Crippen molar-refractivity contribution in [2.45, 2.75) is 12.8 Å². The number of carbonyl (C=O) groups is 2. The second-order valence-corrected chi connectivity index (χ2v) is 3.88. The number of hydrogen-bond acceptors (Lipinski definition) is 4. The summed E-state index contributed by atoms with van der Waals surface area (Å²) in [6.07, 6.45) is 0.919. The molecule has 1 rings (SSSR count). The van der Waals surface area contributed by atoms with Crippen LogP contribution in [-0.4, -0.2) is 25.5 Å². The Labute approximate surface area is 97.8 Å². The summed E-state index contributed by atoms with van der Waals surface area (Å²) < 4.78 is 0. The zero-order valence-electron chi connectivity index (χ0n) is 8.99. The van der Waals surface area contributed by atoms with E-state index in [1.54, 1.807) is 11.4 Å². The Balaban J connectivity index is 2.12. The average molecular weight is 242 g/mol. The van der Waals surface area contributed by atoms with Crippen molar-refractivity contribution in [1.29, 1.82) is 0 Å². The van der Waals surface area contributed by atoms with Gasteiger partial charge in [0.2, 0.25) is 5.91 Å². The number of rotatable bonds is 6. The van der Waals surface area contributed by atoms with Gasteiger partial charge in [-0.15, -0.1) is 0 Å². The fraction of sp³-hybridized carbons (Fsp3) is 0.400. The third kappa shape index (κ3) is 4.41. The maximum absolute atomic E-state index is 11.4. The van der Waals surface area contributed by atoms with Gasteiger partial charge in [-0.1, -0.05) is 0 Å². The SMILES string of the molecule is CONC(=O)CCCNC(=O)c1ccsc1. The number of carbonyl (C=O) groups excluding carboxylic acids is 2. The van der Waals surface area contributed by atoms with Crippen LogP contribution in [0.3, 0.4) is 0 Å². The maximum Gasteiger partial charge on any atom is 0.252 e. The lowest BCUT2D eigenvalue weighted by molar-refractivity contribution is -0.131. The Morgan fingerprint density at radius 2 is 2.31 bits per heavy atom. The van der Waals surface area contributed by atoms with E-state index in [1.165, 1.54) is 18.4 Å². The second kappa shape index (κ2) is 6.97. The van der Waals surface area contributed by atoms with Crippen LogP contribution in [0.4, 0.5) is 0 Å². The Morgan fingerprint density at radius 1 is 1.50 bits per heavy atom. The molecule has 0 unspecified atom stereocenters. The molecule has 5 nitrogen and oxygen atoms in total. The van der Waals surface area contributed by atoms with Crippen LogP contribution < -0.4 is 10.8 Å². The highest BCUT2D eigenvalue weighted by atomic mass is 32.1. The van der Waals surface area contributed by atoms with Crippen molar-refractivity contribution in [1.82, 2.24) is 10.8 Å². The molecule has 0 aliphatic carbocycles. The van der Waals surface area contributed by atoms with Gasteiger partial charge in [-0.05, 0) is 17.9 Å². The zero-order valence-corrected chi connectivity index (χ0v) is 9.80. The first-order chi connectivity index (χ1) is 7.74. The van der Waals surface area contributed by atoms with Crippen molar-refractivity contribution in [3.63, 3.8) is 0 Å². The van der Waals surface area contributed by atoms with Gasteiger partial charge in [0.1, 0.15) is 0 Å². The molecule has 16 heavy (non-hydrogen) atoms. The summed E-state index contributed by atoms with van der Waals surface area (Å²) in [4.78, 5) is 26.9. The van der Waals surface area contributed by atoms with Crippen molar-refractivity contribution in [3.8, 4) is 0 Å². The summed E-state index contributed by atoms with van der Waals surface area (Å²) in [6, 6.07) is 1.76. The molecule has 0 saturated carbocycles. The minimum atomic E-state index is -0.188. The zero-order chi connectivity index (χ0) is 11.8. The van der Waals surface area contributed by atoms with Crippen molar-refractivity contribution in [3.05, 3.63) is 22.4 Å². The smallest absolute Gasteiger partial charge is 0.252 e. The molecular formula is C10H14N2O3S. The first kappa shape index (κ1) is 12.7. The molecule has 0 bridgehead atoms. The van der Waals surface area contributed by atoms with Crippen LogP contribution in [0.2, 0.25) is 0 Å². The molecule has 0 aliphatic rings. The third-order valence-corrected chi connectivity index (χ3v) is 2.55. The van der Waals surface area contributed by atoms with Crippen molar-refractivity contribution < 1.29 is 14.4 Å². The van der Waals surface area contributed by atoms with Crippen LogP contribution in [0.1, 0.15) is 23.2 Å². The van der Waals surface area contributed by atoms with Gasteiger partial charge in [-0.25, -0.2) is 5.48 Å². The molecule has 2 amide bonds. The number of nitrogens with one attached hydrogen (secondary N) is 2. The van der Waals surface area contributed by atoms with Gasteiger partial charge >= 0.3 is 0 Å². The van der Waals surface area contributed by atoms with Crippen molar-refractivity contribution >= 4 is 23.2 Å². The lowest BCUT2D eigenvalue weighted by Gasteiger charge is -2.03. The highest BCUT2D eigenvalue weighted by molar-refractivity contribution is 7.08. The maximum atomic E-state index is 11.4. The molecule has 1 heterocycles. The number of hydrogen-bond donors (Lipinski definition) is 2. The highest BCUT2D eigenvalue weighted by Gasteiger charge is 2.05. The number of thiophene rings is 1. The van der Waals surface area contributed by atoms with Gasteiger partial charge in [0.15, 0.2) is 0 Å². The number of hydroxylamine groups is 1. The predicted molar refractivity (Wildman–Crippen MR) is 61.0 cm³/mol. The first-order valence-electron chi connectivity index (χ1n) is 4.86. The van der Waals surface area contributed by atoms with Crippen molar-refractivity contribution in [2.75, 3.05) is 13.7 Å². The van der Waals surface area contributed by atoms with E-state index in [0.29, 0.717) is 24.9 Å². The first-order valence-corrected chi connectivity index (χ1v) is 5.80. The monoisotopic (exact) mass is 242 g/mol. The standard InChI is InChI=1S/C10H14N2O3S/c1-15-12-9(13)3-2-5-11-10(14)8-4-6-16-7-8/h4,6-7H,2-3,5H2,1H3,(H,11,14)(H,12,13). The van der Waals surface area contributed by atoms with Crippen molar-refractivity contribution in [2.24, 2.45) is 0 Å². The Kier molecular flexibility index (Phi) is 5.52. The average Bonchev–Trinajstić information content (AvgIpc) is 2.78. The largest absolute Gasteiger partial charge is 0.352 e. The summed E-state index contributed by atoms with van der Waals surface area (Å²) in [5.41, 5.74) is 2.87. The summed E-state index contributed by atoms with van der Waals surface area (Å²) in [7, 11) is 1.39. The van der Waals surface area contributed by atoms with Gasteiger partial charge in [0, 0.05) is 23.9 Å². The molecule has 1 aromatic rings. The lowest BCUT2D eigenvalue weighted by atomic mass is 10.3. The summed E-state index contributed by atoms with van der Waals surface area (Å²) in [5, 5.41) is 6.36. The molecule has 0 atom stereocenters. The van der Waals surface area contributed by atoms with E-state index < -0.39 is 0 Å². The fourth-order valence-corrected chi connectivity index (χ4v) is 1.75. The third-order valence-electron chi connectivity index (χ3n) is 1.87. The van der Waals surface area contributed by atoms with Crippen LogP contribution in [-0.2, 0) is 9.63 Å². The molecule has 0 radical (unpaired) electrons. The van der Waals surface area contributed by atoms with E-state index in [1.807, 2.05) is 5.38 Å². The highest BCUT2D eigenvalue weighted by Crippen LogP contribution is 2.05. The molecule has 0 saturated heterocycles.